The number of ether oxygens (including phenoxy) is 1. The average molecular weight is 227 g/mol. The van der Waals surface area contributed by atoms with Crippen molar-refractivity contribution in [2.75, 3.05) is 27.3 Å². The number of rotatable bonds is 5. The van der Waals surface area contributed by atoms with E-state index < -0.39 is 6.10 Å². The van der Waals surface area contributed by atoms with Gasteiger partial charge in [-0.2, -0.15) is 5.10 Å². The van der Waals surface area contributed by atoms with Crippen LogP contribution in [0.2, 0.25) is 0 Å². The van der Waals surface area contributed by atoms with Gasteiger partial charge in [-0.05, 0) is 6.07 Å². The van der Waals surface area contributed by atoms with Crippen LogP contribution in [-0.4, -0.2) is 59.1 Å². The Balaban J connectivity index is 2.58. The highest BCUT2D eigenvalue weighted by atomic mass is 16.5. The first kappa shape index (κ1) is 12.7. The first-order valence-electron chi connectivity index (χ1n) is 4.96. The molecule has 0 fully saturated rings. The number of hydrogen-bond acceptors (Lipinski definition) is 4. The van der Waals surface area contributed by atoms with E-state index in [1.807, 2.05) is 0 Å². The van der Waals surface area contributed by atoms with E-state index in [-0.39, 0.29) is 19.1 Å². The molecule has 1 heterocycles. The zero-order valence-corrected chi connectivity index (χ0v) is 9.75. The van der Waals surface area contributed by atoms with Gasteiger partial charge >= 0.3 is 0 Å². The maximum atomic E-state index is 11.9. The molecule has 0 spiro atoms. The Morgan fingerprint density at radius 2 is 2.44 bits per heavy atom. The van der Waals surface area contributed by atoms with Gasteiger partial charge in [0.15, 0.2) is 0 Å². The number of aromatic nitrogens is 2. The summed E-state index contributed by atoms with van der Waals surface area (Å²) in [6.45, 7) is 0.445. The third kappa shape index (κ3) is 3.04. The molecule has 1 amide bonds. The Bertz CT molecular complexity index is 351. The second kappa shape index (κ2) is 5.62. The van der Waals surface area contributed by atoms with Crippen LogP contribution in [0.25, 0.3) is 0 Å². The molecule has 0 radical (unpaired) electrons. The highest BCUT2D eigenvalue weighted by molar-refractivity contribution is 5.92. The smallest absolute Gasteiger partial charge is 0.271 e. The molecule has 0 saturated carbocycles. The normalized spacial score (nSPS) is 12.5. The minimum absolute atomic E-state index is 0.171. The van der Waals surface area contributed by atoms with Gasteiger partial charge in [0.2, 0.25) is 0 Å². The lowest BCUT2D eigenvalue weighted by Crippen LogP contribution is -2.37. The summed E-state index contributed by atoms with van der Waals surface area (Å²) in [6, 6.07) is 1.64. The number of hydrogen-bond donors (Lipinski definition) is 1. The molecule has 1 aromatic rings. The fraction of sp³-hybridized carbons (Fsp3) is 0.600. The molecule has 0 aliphatic rings. The third-order valence-electron chi connectivity index (χ3n) is 2.23. The molecule has 0 bridgehead atoms. The second-order valence-electron chi connectivity index (χ2n) is 3.63. The number of methoxy groups -OCH3 is 1. The third-order valence-corrected chi connectivity index (χ3v) is 2.23. The Morgan fingerprint density at radius 1 is 1.75 bits per heavy atom. The standard InChI is InChI=1S/C10H17N3O3/c1-12(6-8(14)7-16-3)10(15)9-4-5-11-13(9)2/h4-5,8,14H,6-7H2,1-3H3. The van der Waals surface area contributed by atoms with Gasteiger partial charge in [0.1, 0.15) is 5.69 Å². The number of aliphatic hydroxyl groups excluding tert-OH is 1. The molecule has 0 aliphatic heterocycles. The van der Waals surface area contributed by atoms with Crippen LogP contribution in [0.5, 0.6) is 0 Å². The molecule has 0 aliphatic carbocycles. The maximum Gasteiger partial charge on any atom is 0.271 e. The monoisotopic (exact) mass is 227 g/mol. The Morgan fingerprint density at radius 3 is 2.94 bits per heavy atom. The van der Waals surface area contributed by atoms with Gasteiger partial charge in [-0.3, -0.25) is 9.48 Å². The summed E-state index contributed by atoms with van der Waals surface area (Å²) in [5, 5.41) is 13.4. The van der Waals surface area contributed by atoms with Crippen LogP contribution in [0.1, 0.15) is 10.5 Å². The molecule has 1 N–H and O–H groups in total. The van der Waals surface area contributed by atoms with Gasteiger partial charge < -0.3 is 14.7 Å². The zero-order valence-electron chi connectivity index (χ0n) is 9.75. The molecule has 0 aromatic carbocycles. The van der Waals surface area contributed by atoms with Crippen LogP contribution in [0.15, 0.2) is 12.3 Å². The number of aliphatic hydroxyl groups is 1. The van der Waals surface area contributed by atoms with E-state index in [0.29, 0.717) is 5.69 Å². The van der Waals surface area contributed by atoms with Crippen molar-refractivity contribution in [1.82, 2.24) is 14.7 Å². The number of likely N-dealkylation sites (N-methyl/N-ethyl adjacent to an activating group) is 1. The summed E-state index contributed by atoms with van der Waals surface area (Å²) < 4.78 is 6.29. The minimum atomic E-state index is -0.674. The van der Waals surface area contributed by atoms with Gasteiger partial charge in [-0.1, -0.05) is 0 Å². The highest BCUT2D eigenvalue weighted by Crippen LogP contribution is 2.02. The summed E-state index contributed by atoms with van der Waals surface area (Å²) in [5.41, 5.74) is 0.493. The van der Waals surface area contributed by atoms with Crippen LogP contribution in [0, 0.1) is 0 Å². The van der Waals surface area contributed by atoms with Crippen LogP contribution >= 0.6 is 0 Å². The largest absolute Gasteiger partial charge is 0.389 e. The summed E-state index contributed by atoms with van der Waals surface area (Å²) in [4.78, 5) is 13.3. The fourth-order valence-corrected chi connectivity index (χ4v) is 1.42. The molecule has 90 valence electrons. The molecule has 16 heavy (non-hydrogen) atoms. The van der Waals surface area contributed by atoms with Crippen LogP contribution in [0.3, 0.4) is 0 Å². The molecule has 0 saturated heterocycles. The van der Waals surface area contributed by atoms with E-state index in [1.165, 1.54) is 16.7 Å². The quantitative estimate of drug-likeness (QED) is 0.736. The van der Waals surface area contributed by atoms with E-state index in [0.717, 1.165) is 0 Å². The Labute approximate surface area is 94.4 Å². The van der Waals surface area contributed by atoms with Gasteiger partial charge in [0.05, 0.1) is 12.7 Å². The van der Waals surface area contributed by atoms with Crippen molar-refractivity contribution in [3.63, 3.8) is 0 Å². The number of carbonyl (C=O) groups excluding carboxylic acids is 1. The average Bonchev–Trinajstić information content (AvgIpc) is 2.63. The molecule has 1 aromatic heterocycles. The SMILES string of the molecule is COCC(O)CN(C)C(=O)c1ccnn1C. The van der Waals surface area contributed by atoms with Gasteiger partial charge in [-0.15, -0.1) is 0 Å². The van der Waals surface area contributed by atoms with E-state index >= 15 is 0 Å². The predicted octanol–water partition coefficient (Wildman–Crippen LogP) is -0.501. The maximum absolute atomic E-state index is 11.9. The summed E-state index contributed by atoms with van der Waals surface area (Å²) in [7, 11) is 4.84. The lowest BCUT2D eigenvalue weighted by Gasteiger charge is -2.20. The van der Waals surface area contributed by atoms with Crippen LogP contribution in [0.4, 0.5) is 0 Å². The van der Waals surface area contributed by atoms with Crippen molar-refractivity contribution in [2.24, 2.45) is 7.05 Å². The van der Waals surface area contributed by atoms with Crippen molar-refractivity contribution < 1.29 is 14.6 Å². The van der Waals surface area contributed by atoms with Crippen molar-refractivity contribution in [3.8, 4) is 0 Å². The predicted molar refractivity (Wildman–Crippen MR) is 58.1 cm³/mol. The molecular weight excluding hydrogens is 210 g/mol. The van der Waals surface area contributed by atoms with Crippen LogP contribution < -0.4 is 0 Å². The fourth-order valence-electron chi connectivity index (χ4n) is 1.42. The van der Waals surface area contributed by atoms with Crippen molar-refractivity contribution in [1.29, 1.82) is 0 Å². The summed E-state index contributed by atoms with van der Waals surface area (Å²) in [5.74, 6) is -0.171. The molecule has 6 nitrogen and oxygen atoms in total. The Kier molecular flexibility index (Phi) is 4.45. The Hall–Kier alpha value is -1.40. The van der Waals surface area contributed by atoms with E-state index in [9.17, 15) is 9.90 Å². The lowest BCUT2D eigenvalue weighted by atomic mass is 10.3. The minimum Gasteiger partial charge on any atom is -0.389 e. The highest BCUT2D eigenvalue weighted by Gasteiger charge is 2.17. The van der Waals surface area contributed by atoms with Crippen molar-refractivity contribution in [2.45, 2.75) is 6.10 Å². The first-order chi connectivity index (χ1) is 7.56. The summed E-state index contributed by atoms with van der Waals surface area (Å²) in [6.07, 6.45) is 0.888. The topological polar surface area (TPSA) is 67.6 Å². The van der Waals surface area contributed by atoms with Gasteiger partial charge in [0, 0.05) is 33.9 Å². The summed E-state index contributed by atoms with van der Waals surface area (Å²) >= 11 is 0. The number of aryl methyl sites for hydroxylation is 1. The molecular formula is C10H17N3O3. The number of carbonyl (C=O) groups is 1. The van der Waals surface area contributed by atoms with Crippen LogP contribution in [-0.2, 0) is 11.8 Å². The molecule has 1 rings (SSSR count). The van der Waals surface area contributed by atoms with Crippen molar-refractivity contribution in [3.05, 3.63) is 18.0 Å². The van der Waals surface area contributed by atoms with Gasteiger partial charge in [0.25, 0.3) is 5.91 Å². The van der Waals surface area contributed by atoms with Crippen molar-refractivity contribution >= 4 is 5.91 Å². The first-order valence-corrected chi connectivity index (χ1v) is 4.96. The number of amides is 1. The molecule has 1 atom stereocenters. The molecule has 1 unspecified atom stereocenters. The molecule has 6 heteroatoms. The van der Waals surface area contributed by atoms with E-state index in [4.69, 9.17) is 4.74 Å². The number of nitrogens with zero attached hydrogens (tertiary/aromatic N) is 3. The van der Waals surface area contributed by atoms with E-state index in [2.05, 4.69) is 5.10 Å². The van der Waals surface area contributed by atoms with E-state index in [1.54, 1.807) is 26.4 Å². The lowest BCUT2D eigenvalue weighted by molar-refractivity contribution is 0.0376. The second-order valence-corrected chi connectivity index (χ2v) is 3.63. The zero-order chi connectivity index (χ0) is 12.1. The van der Waals surface area contributed by atoms with Gasteiger partial charge in [-0.25, -0.2) is 0 Å².